The minimum atomic E-state index is -5.04. The van der Waals surface area contributed by atoms with E-state index in [1.165, 1.54) is 36.4 Å². The van der Waals surface area contributed by atoms with Gasteiger partial charge in [-0.1, -0.05) is 30.4 Å². The van der Waals surface area contributed by atoms with Crippen LogP contribution in [0.2, 0.25) is 0 Å². The minimum absolute atomic E-state index is 0. The van der Waals surface area contributed by atoms with E-state index in [0.29, 0.717) is 70.1 Å². The molecule has 0 unspecified atom stereocenters. The van der Waals surface area contributed by atoms with Crippen molar-refractivity contribution in [2.45, 2.75) is 16.2 Å². The molecule has 2 saturated heterocycles. The van der Waals surface area contributed by atoms with Crippen LogP contribution in [0.1, 0.15) is 22.5 Å². The number of nitrogens with two attached hydrogens (primary N) is 2. The molecular weight excluding hydrogens is 741 g/mol. The number of benzene rings is 2. The van der Waals surface area contributed by atoms with Crippen LogP contribution in [0.5, 0.6) is 0 Å². The van der Waals surface area contributed by atoms with Gasteiger partial charge in [-0.05, 0) is 34.9 Å². The van der Waals surface area contributed by atoms with Crippen LogP contribution in [0.3, 0.4) is 0 Å². The first kappa shape index (κ1) is 41.7. The van der Waals surface area contributed by atoms with Crippen molar-refractivity contribution in [3.63, 3.8) is 0 Å². The molecule has 0 atom stereocenters. The Labute approximate surface area is 343 Å². The smallest absolute Gasteiger partial charge is 0.744 e. The summed E-state index contributed by atoms with van der Waals surface area (Å²) in [4.78, 5) is 27.9. The second-order valence-corrected chi connectivity index (χ2v) is 13.8. The SMILES string of the molecule is Nc1nc(Cc2ccc(/C=C/c3ccc(Nc4nc(N)nc(N5CCOCC5)n4)cc3S(=O)(=O)[O-])c(S(=O)(=O)[O-])c2)nc(N2CCOCC2)n1.[Na+].[Na+]. The molecule has 0 bridgehead atoms. The van der Waals surface area contributed by atoms with Gasteiger partial charge in [0, 0.05) is 38.3 Å². The number of aromatic nitrogens is 6. The summed E-state index contributed by atoms with van der Waals surface area (Å²) >= 11 is 0. The Balaban J connectivity index is 0.00000302. The normalized spacial score (nSPS) is 15.2. The summed E-state index contributed by atoms with van der Waals surface area (Å²) in [7, 11) is -10.1. The van der Waals surface area contributed by atoms with Gasteiger partial charge >= 0.3 is 59.1 Å². The quantitative estimate of drug-likeness (QED) is 0.0769. The van der Waals surface area contributed by atoms with Gasteiger partial charge in [-0.25, -0.2) is 16.8 Å². The van der Waals surface area contributed by atoms with Gasteiger partial charge in [-0.2, -0.15) is 29.9 Å². The second-order valence-electron chi connectivity index (χ2n) is 11.1. The standard InChI is InChI=1S/C29H33N11O8S2.2Na/c30-25-33-24(34-28(36-25)39-7-11-47-12-8-39)16-18-1-2-19(22(15-18)49(41,42)43)3-4-20-5-6-21(17-23(20)50(44,45)46)32-27-35-26(31)37-29(38-27)40-9-13-48-14-10-40;;/h1-6,15,17H,7-14,16H2,(H,41,42,43)(H,44,45,46)(H2,30,33,34,36)(H3,31,32,35,37,38);;/q;2*+1/p-2/b4-3+;;. The Morgan fingerprint density at radius 2 is 1.19 bits per heavy atom. The molecular formula is C29H31N11Na2O8S2. The molecule has 2 aliphatic heterocycles. The fraction of sp³-hybridized carbons (Fsp3) is 0.310. The third-order valence-corrected chi connectivity index (χ3v) is 9.39. The van der Waals surface area contributed by atoms with Crippen LogP contribution in [0.15, 0.2) is 46.2 Å². The van der Waals surface area contributed by atoms with Crippen molar-refractivity contribution in [2.24, 2.45) is 0 Å². The van der Waals surface area contributed by atoms with Crippen LogP contribution in [-0.4, -0.2) is 108 Å². The summed E-state index contributed by atoms with van der Waals surface area (Å²) in [6.45, 7) is 4.13. The summed E-state index contributed by atoms with van der Waals surface area (Å²) in [6, 6.07) is 7.99. The fourth-order valence-corrected chi connectivity index (χ4v) is 6.67. The molecule has 2 fully saturated rings. The summed E-state index contributed by atoms with van der Waals surface area (Å²) < 4.78 is 84.6. The summed E-state index contributed by atoms with van der Waals surface area (Å²) in [5.41, 5.74) is 12.2. The Hall–Kier alpha value is -3.06. The van der Waals surface area contributed by atoms with E-state index in [1.54, 1.807) is 6.07 Å². The largest absolute Gasteiger partial charge is 1.00 e. The molecule has 0 radical (unpaired) electrons. The van der Waals surface area contributed by atoms with E-state index < -0.39 is 30.0 Å². The Morgan fingerprint density at radius 3 is 1.75 bits per heavy atom. The van der Waals surface area contributed by atoms with Gasteiger partial charge < -0.3 is 45.2 Å². The molecule has 4 aromatic rings. The molecule has 23 heteroatoms. The molecule has 0 spiro atoms. The number of rotatable bonds is 10. The van der Waals surface area contributed by atoms with E-state index in [-0.39, 0.29) is 106 Å². The molecule has 0 aliphatic carbocycles. The molecule has 264 valence electrons. The number of ether oxygens (including phenoxy) is 2. The number of hydrogen-bond donors (Lipinski definition) is 3. The van der Waals surface area contributed by atoms with Crippen LogP contribution in [-0.2, 0) is 36.1 Å². The second kappa shape index (κ2) is 17.8. The van der Waals surface area contributed by atoms with Crippen LogP contribution >= 0.6 is 0 Å². The van der Waals surface area contributed by atoms with Gasteiger partial charge in [0.2, 0.25) is 29.7 Å². The van der Waals surface area contributed by atoms with Crippen molar-refractivity contribution < 1.29 is 94.5 Å². The van der Waals surface area contributed by atoms with Crippen molar-refractivity contribution in [3.05, 3.63) is 58.9 Å². The number of nitrogens with one attached hydrogen (secondary N) is 1. The number of anilines is 6. The number of hydrogen-bond acceptors (Lipinski definition) is 19. The van der Waals surface area contributed by atoms with Crippen molar-refractivity contribution >= 4 is 67.8 Å². The number of nitrogen functional groups attached to an aromatic ring is 2. The average Bonchev–Trinajstić information content (AvgIpc) is 3.07. The summed E-state index contributed by atoms with van der Waals surface area (Å²) in [5.74, 6) is 0.822. The maximum atomic E-state index is 12.3. The van der Waals surface area contributed by atoms with Gasteiger partial charge in [0.05, 0.1) is 36.2 Å². The van der Waals surface area contributed by atoms with E-state index in [2.05, 4.69) is 35.2 Å². The van der Waals surface area contributed by atoms with Crippen LogP contribution < -0.4 is 85.7 Å². The average molecular weight is 772 g/mol. The van der Waals surface area contributed by atoms with Crippen LogP contribution in [0, 0.1) is 0 Å². The number of nitrogens with zero attached hydrogens (tertiary/aromatic N) is 8. The van der Waals surface area contributed by atoms with E-state index in [1.807, 2.05) is 9.80 Å². The van der Waals surface area contributed by atoms with Crippen LogP contribution in [0.4, 0.5) is 35.4 Å². The maximum Gasteiger partial charge on any atom is 1.00 e. The maximum absolute atomic E-state index is 12.3. The predicted molar refractivity (Wildman–Crippen MR) is 178 cm³/mol. The van der Waals surface area contributed by atoms with E-state index in [9.17, 15) is 25.9 Å². The monoisotopic (exact) mass is 771 g/mol. The van der Waals surface area contributed by atoms with Crippen molar-refractivity contribution in [1.82, 2.24) is 29.9 Å². The molecule has 52 heavy (non-hydrogen) atoms. The van der Waals surface area contributed by atoms with Crippen molar-refractivity contribution in [3.8, 4) is 0 Å². The molecule has 0 amide bonds. The molecule has 0 saturated carbocycles. The molecule has 2 aliphatic rings. The third kappa shape index (κ3) is 10.8. The topological polar surface area (TPSA) is 281 Å². The molecule has 4 heterocycles. The first-order valence-electron chi connectivity index (χ1n) is 15.1. The summed E-state index contributed by atoms with van der Waals surface area (Å²) in [6.07, 6.45) is 2.48. The van der Waals surface area contributed by atoms with E-state index in [0.717, 1.165) is 6.07 Å². The Morgan fingerprint density at radius 1 is 0.692 bits per heavy atom. The molecule has 6 rings (SSSR count). The van der Waals surface area contributed by atoms with Crippen LogP contribution in [0.25, 0.3) is 12.2 Å². The molecule has 19 nitrogen and oxygen atoms in total. The molecule has 2 aromatic heterocycles. The third-order valence-electron chi connectivity index (χ3n) is 7.61. The predicted octanol–water partition coefficient (Wildman–Crippen LogP) is -5.78. The zero-order valence-electron chi connectivity index (χ0n) is 28.3. The molecule has 2 aromatic carbocycles. The van der Waals surface area contributed by atoms with Gasteiger partial charge in [0.25, 0.3) is 0 Å². The van der Waals surface area contributed by atoms with Gasteiger partial charge in [0.1, 0.15) is 26.1 Å². The van der Waals surface area contributed by atoms with Crippen molar-refractivity contribution in [2.75, 3.05) is 79.2 Å². The first-order chi connectivity index (χ1) is 23.8. The Kier molecular flexibility index (Phi) is 14.3. The zero-order chi connectivity index (χ0) is 35.5. The Bertz CT molecular complexity index is 2000. The fourth-order valence-electron chi connectivity index (χ4n) is 5.25. The van der Waals surface area contributed by atoms with E-state index in [4.69, 9.17) is 20.9 Å². The van der Waals surface area contributed by atoms with E-state index >= 15 is 0 Å². The summed E-state index contributed by atoms with van der Waals surface area (Å²) in [5, 5.41) is 2.84. The molecule has 5 N–H and O–H groups in total. The minimum Gasteiger partial charge on any atom is -0.744 e. The van der Waals surface area contributed by atoms with Crippen molar-refractivity contribution in [1.29, 1.82) is 0 Å². The van der Waals surface area contributed by atoms with Gasteiger partial charge in [-0.15, -0.1) is 0 Å². The zero-order valence-corrected chi connectivity index (χ0v) is 33.9. The van der Waals surface area contributed by atoms with Gasteiger partial charge in [0.15, 0.2) is 0 Å². The first-order valence-corrected chi connectivity index (χ1v) is 17.9. The number of morpholine rings is 2. The van der Waals surface area contributed by atoms with Gasteiger partial charge in [-0.3, -0.25) is 0 Å².